The Morgan fingerprint density at radius 1 is 0.917 bits per heavy atom. The highest BCUT2D eigenvalue weighted by atomic mass is 35.5. The summed E-state index contributed by atoms with van der Waals surface area (Å²) >= 11 is 6.00. The SMILES string of the molecule is COc1cc(OC)cc(-c2cc(Nc3cccc(Cl)c3)ncn2)c1. The predicted octanol–water partition coefficient (Wildman–Crippen LogP) is 4.56. The summed E-state index contributed by atoms with van der Waals surface area (Å²) in [7, 11) is 3.23. The molecule has 0 unspecified atom stereocenters. The largest absolute Gasteiger partial charge is 0.497 e. The van der Waals surface area contributed by atoms with Crippen LogP contribution >= 0.6 is 11.6 Å². The third-order valence-corrected chi connectivity index (χ3v) is 3.65. The number of methoxy groups -OCH3 is 2. The van der Waals surface area contributed by atoms with E-state index in [9.17, 15) is 0 Å². The van der Waals surface area contributed by atoms with Crippen molar-refractivity contribution >= 4 is 23.1 Å². The van der Waals surface area contributed by atoms with Crippen molar-refractivity contribution in [3.63, 3.8) is 0 Å². The topological polar surface area (TPSA) is 56.3 Å². The molecule has 0 amide bonds. The van der Waals surface area contributed by atoms with Crippen LogP contribution in [0.2, 0.25) is 5.02 Å². The summed E-state index contributed by atoms with van der Waals surface area (Å²) in [5.74, 6) is 2.07. The normalized spacial score (nSPS) is 10.3. The van der Waals surface area contributed by atoms with Crippen LogP contribution in [0.15, 0.2) is 54.9 Å². The number of rotatable bonds is 5. The monoisotopic (exact) mass is 341 g/mol. The molecule has 6 heteroatoms. The van der Waals surface area contributed by atoms with Crippen molar-refractivity contribution in [1.82, 2.24) is 9.97 Å². The molecular weight excluding hydrogens is 326 g/mol. The summed E-state index contributed by atoms with van der Waals surface area (Å²) in [5.41, 5.74) is 2.49. The molecule has 122 valence electrons. The van der Waals surface area contributed by atoms with Gasteiger partial charge in [-0.05, 0) is 30.3 Å². The number of ether oxygens (including phenoxy) is 2. The highest BCUT2D eigenvalue weighted by Gasteiger charge is 2.07. The van der Waals surface area contributed by atoms with Gasteiger partial charge in [-0.15, -0.1) is 0 Å². The van der Waals surface area contributed by atoms with Gasteiger partial charge >= 0.3 is 0 Å². The molecule has 0 fully saturated rings. The van der Waals surface area contributed by atoms with Crippen LogP contribution in [0.5, 0.6) is 11.5 Å². The number of halogens is 1. The number of hydrogen-bond donors (Lipinski definition) is 1. The molecule has 3 aromatic rings. The molecular formula is C18H16ClN3O2. The zero-order valence-electron chi connectivity index (χ0n) is 13.3. The Kier molecular flexibility index (Phi) is 4.82. The van der Waals surface area contributed by atoms with Crippen molar-refractivity contribution < 1.29 is 9.47 Å². The Morgan fingerprint density at radius 2 is 1.67 bits per heavy atom. The predicted molar refractivity (Wildman–Crippen MR) is 95.3 cm³/mol. The van der Waals surface area contributed by atoms with Crippen LogP contribution in [-0.2, 0) is 0 Å². The van der Waals surface area contributed by atoms with Gasteiger partial charge in [-0.25, -0.2) is 9.97 Å². The van der Waals surface area contributed by atoms with Crippen molar-refractivity contribution in [3.8, 4) is 22.8 Å². The lowest BCUT2D eigenvalue weighted by Crippen LogP contribution is -1.96. The molecule has 0 spiro atoms. The summed E-state index contributed by atoms with van der Waals surface area (Å²) in [6, 6.07) is 14.9. The fourth-order valence-corrected chi connectivity index (χ4v) is 2.44. The molecule has 0 aliphatic carbocycles. The van der Waals surface area contributed by atoms with E-state index in [2.05, 4.69) is 15.3 Å². The minimum absolute atomic E-state index is 0.659. The zero-order chi connectivity index (χ0) is 16.9. The van der Waals surface area contributed by atoms with Gasteiger partial charge in [0.25, 0.3) is 0 Å². The van der Waals surface area contributed by atoms with Crippen molar-refractivity contribution in [3.05, 3.63) is 59.9 Å². The maximum Gasteiger partial charge on any atom is 0.134 e. The van der Waals surface area contributed by atoms with Gasteiger partial charge in [0, 0.05) is 28.4 Å². The molecule has 5 nitrogen and oxygen atoms in total. The average molecular weight is 342 g/mol. The van der Waals surface area contributed by atoms with Crippen LogP contribution in [0, 0.1) is 0 Å². The quantitative estimate of drug-likeness (QED) is 0.737. The van der Waals surface area contributed by atoms with E-state index in [4.69, 9.17) is 21.1 Å². The lowest BCUT2D eigenvalue weighted by Gasteiger charge is -2.10. The second kappa shape index (κ2) is 7.19. The summed E-state index contributed by atoms with van der Waals surface area (Å²) in [4.78, 5) is 8.58. The van der Waals surface area contributed by atoms with E-state index < -0.39 is 0 Å². The summed E-state index contributed by atoms with van der Waals surface area (Å²) in [6.07, 6.45) is 1.51. The third kappa shape index (κ3) is 3.75. The van der Waals surface area contributed by atoms with E-state index in [0.29, 0.717) is 22.3 Å². The fourth-order valence-electron chi connectivity index (χ4n) is 2.25. The van der Waals surface area contributed by atoms with E-state index in [1.165, 1.54) is 6.33 Å². The molecule has 0 bridgehead atoms. The second-order valence-corrected chi connectivity index (χ2v) is 5.46. The Balaban J connectivity index is 1.93. The van der Waals surface area contributed by atoms with Crippen molar-refractivity contribution in [1.29, 1.82) is 0 Å². The van der Waals surface area contributed by atoms with Crippen LogP contribution in [-0.4, -0.2) is 24.2 Å². The van der Waals surface area contributed by atoms with Crippen LogP contribution in [0.25, 0.3) is 11.3 Å². The average Bonchev–Trinajstić information content (AvgIpc) is 2.61. The number of nitrogens with one attached hydrogen (secondary N) is 1. The number of aromatic nitrogens is 2. The van der Waals surface area contributed by atoms with Crippen LogP contribution in [0.3, 0.4) is 0 Å². The van der Waals surface area contributed by atoms with Gasteiger partial charge < -0.3 is 14.8 Å². The van der Waals surface area contributed by atoms with E-state index in [1.54, 1.807) is 14.2 Å². The second-order valence-electron chi connectivity index (χ2n) is 5.03. The van der Waals surface area contributed by atoms with Crippen LogP contribution in [0.1, 0.15) is 0 Å². The minimum atomic E-state index is 0.659. The smallest absolute Gasteiger partial charge is 0.134 e. The number of nitrogens with zero attached hydrogens (tertiary/aromatic N) is 2. The van der Waals surface area contributed by atoms with Gasteiger partial charge in [-0.1, -0.05) is 17.7 Å². The summed E-state index contributed by atoms with van der Waals surface area (Å²) in [5, 5.41) is 3.87. The van der Waals surface area contributed by atoms with Gasteiger partial charge in [0.15, 0.2) is 0 Å². The first-order valence-electron chi connectivity index (χ1n) is 7.26. The molecule has 0 aliphatic heterocycles. The first-order chi connectivity index (χ1) is 11.7. The van der Waals surface area contributed by atoms with Crippen molar-refractivity contribution in [2.24, 2.45) is 0 Å². The van der Waals surface area contributed by atoms with Gasteiger partial charge in [0.1, 0.15) is 23.6 Å². The zero-order valence-corrected chi connectivity index (χ0v) is 14.0. The maximum atomic E-state index is 6.00. The Labute approximate surface area is 145 Å². The summed E-state index contributed by atoms with van der Waals surface area (Å²) in [6.45, 7) is 0. The van der Waals surface area contributed by atoms with Crippen LogP contribution < -0.4 is 14.8 Å². The molecule has 2 aromatic carbocycles. The van der Waals surface area contributed by atoms with Gasteiger partial charge in [0.05, 0.1) is 19.9 Å². The van der Waals surface area contributed by atoms with Gasteiger partial charge in [-0.3, -0.25) is 0 Å². The number of benzene rings is 2. The molecule has 3 rings (SSSR count). The van der Waals surface area contributed by atoms with E-state index >= 15 is 0 Å². The maximum absolute atomic E-state index is 6.00. The van der Waals surface area contributed by atoms with Crippen molar-refractivity contribution in [2.45, 2.75) is 0 Å². The Morgan fingerprint density at radius 3 is 2.33 bits per heavy atom. The fraction of sp³-hybridized carbons (Fsp3) is 0.111. The van der Waals surface area contributed by atoms with Gasteiger partial charge in [0.2, 0.25) is 0 Å². The van der Waals surface area contributed by atoms with E-state index in [1.807, 2.05) is 48.5 Å². The molecule has 1 heterocycles. The lowest BCUT2D eigenvalue weighted by molar-refractivity contribution is 0.394. The molecule has 0 saturated carbocycles. The molecule has 0 atom stereocenters. The third-order valence-electron chi connectivity index (χ3n) is 3.41. The Hall–Kier alpha value is -2.79. The standard InChI is InChI=1S/C18H16ClN3O2/c1-23-15-6-12(7-16(9-15)24-2)17-10-18(21-11-20-17)22-14-5-3-4-13(19)8-14/h3-11H,1-2H3,(H,20,21,22). The summed E-state index contributed by atoms with van der Waals surface area (Å²) < 4.78 is 10.6. The highest BCUT2D eigenvalue weighted by molar-refractivity contribution is 6.30. The minimum Gasteiger partial charge on any atom is -0.497 e. The molecule has 1 aromatic heterocycles. The first-order valence-corrected chi connectivity index (χ1v) is 7.64. The van der Waals surface area contributed by atoms with Crippen LogP contribution in [0.4, 0.5) is 11.5 Å². The van der Waals surface area contributed by atoms with E-state index in [-0.39, 0.29) is 0 Å². The van der Waals surface area contributed by atoms with Crippen molar-refractivity contribution in [2.75, 3.05) is 19.5 Å². The highest BCUT2D eigenvalue weighted by Crippen LogP contribution is 2.29. The molecule has 1 N–H and O–H groups in total. The number of hydrogen-bond acceptors (Lipinski definition) is 5. The molecule has 0 radical (unpaired) electrons. The first kappa shape index (κ1) is 16.1. The molecule has 0 saturated heterocycles. The molecule has 24 heavy (non-hydrogen) atoms. The lowest BCUT2D eigenvalue weighted by atomic mass is 10.1. The Bertz CT molecular complexity index is 833. The van der Waals surface area contributed by atoms with E-state index in [0.717, 1.165) is 16.9 Å². The van der Waals surface area contributed by atoms with Gasteiger partial charge in [-0.2, -0.15) is 0 Å². The molecule has 0 aliphatic rings. The number of anilines is 2.